The Morgan fingerprint density at radius 2 is 1.63 bits per heavy atom. The van der Waals surface area contributed by atoms with Gasteiger partial charge in [0.2, 0.25) is 5.91 Å². The van der Waals surface area contributed by atoms with Crippen molar-refractivity contribution in [1.82, 2.24) is 15.1 Å². The molecule has 226 valence electrons. The molecule has 43 heavy (non-hydrogen) atoms. The fourth-order valence-electron chi connectivity index (χ4n) is 6.24. The zero-order valence-electron chi connectivity index (χ0n) is 24.7. The van der Waals surface area contributed by atoms with E-state index >= 15 is 0 Å². The fourth-order valence-corrected chi connectivity index (χ4v) is 6.24. The second-order valence-electron chi connectivity index (χ2n) is 12.0. The molecule has 3 aromatic carbocycles. The van der Waals surface area contributed by atoms with Crippen molar-refractivity contribution in [2.24, 2.45) is 5.73 Å². The Bertz CT molecular complexity index is 1390. The van der Waals surface area contributed by atoms with Gasteiger partial charge < -0.3 is 16.0 Å². The summed E-state index contributed by atoms with van der Waals surface area (Å²) < 4.78 is 0. The van der Waals surface area contributed by atoms with Gasteiger partial charge in [-0.25, -0.2) is 0 Å². The highest BCUT2D eigenvalue weighted by Gasteiger charge is 2.42. The summed E-state index contributed by atoms with van der Waals surface area (Å²) in [7, 11) is 0. The lowest BCUT2D eigenvalue weighted by molar-refractivity contribution is -0.384. The van der Waals surface area contributed by atoms with Crippen molar-refractivity contribution in [3.63, 3.8) is 0 Å². The summed E-state index contributed by atoms with van der Waals surface area (Å²) in [5, 5.41) is 14.5. The average molecular weight is 584 g/mol. The van der Waals surface area contributed by atoms with E-state index in [1.807, 2.05) is 49.4 Å². The first-order chi connectivity index (χ1) is 20.8. The van der Waals surface area contributed by atoms with Crippen molar-refractivity contribution in [2.45, 2.75) is 76.2 Å². The molecule has 0 spiro atoms. The molecule has 5 rings (SSSR count). The first-order valence-corrected chi connectivity index (χ1v) is 15.2. The zero-order valence-corrected chi connectivity index (χ0v) is 24.7. The summed E-state index contributed by atoms with van der Waals surface area (Å²) in [6, 6.07) is 23.9. The van der Waals surface area contributed by atoms with E-state index in [2.05, 4.69) is 22.3 Å². The van der Waals surface area contributed by atoms with E-state index in [-0.39, 0.29) is 35.6 Å². The van der Waals surface area contributed by atoms with Gasteiger partial charge in [0.1, 0.15) is 6.04 Å². The molecule has 0 radical (unpaired) electrons. The Hall–Kier alpha value is -4.08. The number of benzene rings is 3. The normalized spacial score (nSPS) is 22.0. The number of aryl methyl sites for hydroxylation is 1. The number of amides is 2. The summed E-state index contributed by atoms with van der Waals surface area (Å²) in [6.45, 7) is 3.67. The molecule has 1 saturated heterocycles. The third-order valence-corrected chi connectivity index (χ3v) is 8.84. The molecule has 2 fully saturated rings. The Kier molecular flexibility index (Phi) is 9.84. The highest BCUT2D eigenvalue weighted by atomic mass is 16.6. The van der Waals surface area contributed by atoms with Crippen molar-refractivity contribution in [3.05, 3.63) is 111 Å². The van der Waals surface area contributed by atoms with Gasteiger partial charge in [-0.2, -0.15) is 0 Å². The molecular formula is C34H41N5O4. The van der Waals surface area contributed by atoms with Gasteiger partial charge in [0.15, 0.2) is 0 Å². The average Bonchev–Trinajstić information content (AvgIpc) is 3.47. The van der Waals surface area contributed by atoms with Crippen molar-refractivity contribution in [3.8, 4) is 0 Å². The molecule has 1 saturated carbocycles. The predicted octanol–water partition coefficient (Wildman–Crippen LogP) is 4.62. The van der Waals surface area contributed by atoms with Crippen LogP contribution >= 0.6 is 0 Å². The van der Waals surface area contributed by atoms with Gasteiger partial charge in [-0.3, -0.25) is 24.6 Å². The van der Waals surface area contributed by atoms with Crippen LogP contribution in [0.5, 0.6) is 0 Å². The summed E-state index contributed by atoms with van der Waals surface area (Å²) in [4.78, 5) is 42.5. The number of hydrogen-bond donors (Lipinski definition) is 2. The first-order valence-electron chi connectivity index (χ1n) is 15.2. The molecule has 2 unspecified atom stereocenters. The number of carbonyl (C=O) groups is 2. The Labute approximate surface area is 253 Å². The van der Waals surface area contributed by atoms with Crippen molar-refractivity contribution >= 4 is 17.5 Å². The van der Waals surface area contributed by atoms with Gasteiger partial charge in [0.25, 0.3) is 11.6 Å². The largest absolute Gasteiger partial charge is 0.352 e. The minimum Gasteiger partial charge on any atom is -0.352 e. The van der Waals surface area contributed by atoms with Crippen molar-refractivity contribution < 1.29 is 14.5 Å². The molecule has 0 bridgehead atoms. The zero-order chi connectivity index (χ0) is 30.3. The smallest absolute Gasteiger partial charge is 0.269 e. The maximum atomic E-state index is 13.9. The Balaban J connectivity index is 1.39. The van der Waals surface area contributed by atoms with Crippen LogP contribution in [-0.2, 0) is 17.8 Å². The van der Waals surface area contributed by atoms with Crippen LogP contribution in [0.15, 0.2) is 78.9 Å². The fraction of sp³-hybridized carbons (Fsp3) is 0.412. The molecule has 3 aromatic rings. The molecule has 1 aliphatic heterocycles. The molecule has 2 atom stereocenters. The van der Waals surface area contributed by atoms with Crippen molar-refractivity contribution in [2.75, 3.05) is 13.1 Å². The summed E-state index contributed by atoms with van der Waals surface area (Å²) in [5.74, 6) is -0.256. The number of nitro benzene ring substituents is 1. The monoisotopic (exact) mass is 583 g/mol. The lowest BCUT2D eigenvalue weighted by Gasteiger charge is -2.30. The van der Waals surface area contributed by atoms with Crippen LogP contribution in [0, 0.1) is 17.0 Å². The van der Waals surface area contributed by atoms with E-state index < -0.39 is 11.0 Å². The summed E-state index contributed by atoms with van der Waals surface area (Å²) >= 11 is 0. The number of carbonyl (C=O) groups excluding carboxylic acids is 2. The van der Waals surface area contributed by atoms with Crippen LogP contribution in [0.1, 0.15) is 59.2 Å². The number of non-ortho nitro benzene ring substituents is 1. The van der Waals surface area contributed by atoms with Crippen LogP contribution in [0.2, 0.25) is 0 Å². The summed E-state index contributed by atoms with van der Waals surface area (Å²) in [5.41, 5.74) is 9.92. The van der Waals surface area contributed by atoms with E-state index in [9.17, 15) is 19.7 Å². The van der Waals surface area contributed by atoms with E-state index in [1.165, 1.54) is 17.7 Å². The van der Waals surface area contributed by atoms with Gasteiger partial charge in [0, 0.05) is 55.5 Å². The maximum absolute atomic E-state index is 13.9. The topological polar surface area (TPSA) is 122 Å². The third-order valence-electron chi connectivity index (χ3n) is 8.84. The van der Waals surface area contributed by atoms with E-state index in [0.717, 1.165) is 43.2 Å². The van der Waals surface area contributed by atoms with Crippen LogP contribution in [-0.4, -0.2) is 63.8 Å². The number of nitro groups is 1. The molecule has 9 heteroatoms. The third kappa shape index (κ3) is 7.86. The SMILES string of the molecule is Cc1ccc(C(=O)N2CC(N(CCc3ccccc3)Cc3ccc([N+](=O)[O-])cc3)CC2C(=O)NC2CCC(N)CC2)cc1. The maximum Gasteiger partial charge on any atom is 0.269 e. The molecule has 2 amide bonds. The van der Waals surface area contributed by atoms with Crippen LogP contribution in [0.4, 0.5) is 5.69 Å². The van der Waals surface area contributed by atoms with E-state index in [0.29, 0.717) is 31.6 Å². The summed E-state index contributed by atoms with van der Waals surface area (Å²) in [6.07, 6.45) is 4.77. The first kappa shape index (κ1) is 30.4. The van der Waals surface area contributed by atoms with Gasteiger partial charge in [-0.1, -0.05) is 60.2 Å². The van der Waals surface area contributed by atoms with Gasteiger partial charge in [-0.05, 0) is 68.7 Å². The van der Waals surface area contributed by atoms with Crippen LogP contribution in [0.25, 0.3) is 0 Å². The lowest BCUT2D eigenvalue weighted by atomic mass is 9.91. The number of nitrogens with two attached hydrogens (primary N) is 1. The lowest BCUT2D eigenvalue weighted by Crippen LogP contribution is -2.50. The second kappa shape index (κ2) is 13.9. The van der Waals surface area contributed by atoms with Crippen LogP contribution < -0.4 is 11.1 Å². The minimum absolute atomic E-state index is 0.0516. The molecule has 1 aliphatic carbocycles. The number of hydrogen-bond acceptors (Lipinski definition) is 6. The number of likely N-dealkylation sites (tertiary alicyclic amines) is 1. The highest BCUT2D eigenvalue weighted by molar-refractivity contribution is 5.98. The second-order valence-corrected chi connectivity index (χ2v) is 12.0. The molecule has 2 aliphatic rings. The quantitative estimate of drug-likeness (QED) is 0.265. The highest BCUT2D eigenvalue weighted by Crippen LogP contribution is 2.28. The van der Waals surface area contributed by atoms with Crippen LogP contribution in [0.3, 0.4) is 0 Å². The minimum atomic E-state index is -0.592. The molecule has 1 heterocycles. The Morgan fingerprint density at radius 3 is 2.28 bits per heavy atom. The standard InChI is InChI=1S/C34H41N5O4/c1-24-7-11-27(12-8-24)34(41)38-23-31(21-32(38)33(40)36-29-15-13-28(35)14-16-29)37(20-19-25-5-3-2-4-6-25)22-26-9-17-30(18-10-26)39(42)43/h2-12,17-18,28-29,31-32H,13-16,19-23,35H2,1H3,(H,36,40). The van der Waals surface area contributed by atoms with Crippen molar-refractivity contribution in [1.29, 1.82) is 0 Å². The number of nitrogens with one attached hydrogen (secondary N) is 1. The van der Waals surface area contributed by atoms with E-state index in [4.69, 9.17) is 5.73 Å². The Morgan fingerprint density at radius 1 is 0.953 bits per heavy atom. The van der Waals surface area contributed by atoms with E-state index in [1.54, 1.807) is 17.0 Å². The van der Waals surface area contributed by atoms with Gasteiger partial charge in [0.05, 0.1) is 4.92 Å². The predicted molar refractivity (Wildman–Crippen MR) is 166 cm³/mol. The van der Waals surface area contributed by atoms with Gasteiger partial charge >= 0.3 is 0 Å². The molecular weight excluding hydrogens is 542 g/mol. The molecule has 9 nitrogen and oxygen atoms in total. The molecule has 3 N–H and O–H groups in total. The number of nitrogens with zero attached hydrogens (tertiary/aromatic N) is 3. The number of rotatable bonds is 10. The molecule has 0 aromatic heterocycles. The van der Waals surface area contributed by atoms with Gasteiger partial charge in [-0.15, -0.1) is 0 Å².